The third-order valence-electron chi connectivity index (χ3n) is 3.47. The fraction of sp³-hybridized carbons (Fsp3) is 0.286. The van der Waals surface area contributed by atoms with Gasteiger partial charge in [0.1, 0.15) is 0 Å². The van der Waals surface area contributed by atoms with Crippen molar-refractivity contribution in [3.8, 4) is 0 Å². The number of thioether (sulfide) groups is 1. The van der Waals surface area contributed by atoms with E-state index in [2.05, 4.69) is 4.98 Å². The van der Waals surface area contributed by atoms with Gasteiger partial charge in [0, 0.05) is 21.6 Å². The molecule has 7 heteroatoms. The van der Waals surface area contributed by atoms with Crippen molar-refractivity contribution in [1.29, 1.82) is 0 Å². The Balaban J connectivity index is 2.11. The van der Waals surface area contributed by atoms with Crippen LogP contribution < -0.4 is 0 Å². The van der Waals surface area contributed by atoms with Crippen molar-refractivity contribution >= 4 is 52.9 Å². The molecule has 1 aromatic carbocycles. The van der Waals surface area contributed by atoms with E-state index in [0.29, 0.717) is 10.8 Å². The predicted octanol–water partition coefficient (Wildman–Crippen LogP) is 4.49. The molecule has 2 aromatic rings. The second-order valence-electron chi connectivity index (χ2n) is 4.68. The highest BCUT2D eigenvalue weighted by atomic mass is 35.5. The maximum absolute atomic E-state index is 12.1. The van der Waals surface area contributed by atoms with E-state index in [-0.39, 0.29) is 17.8 Å². The highest BCUT2D eigenvalue weighted by molar-refractivity contribution is 7.99. The number of methoxy groups -OCH3 is 1. The smallest absolute Gasteiger partial charge is 0.310 e. The van der Waals surface area contributed by atoms with Gasteiger partial charge in [0.25, 0.3) is 0 Å². The molecule has 3 rings (SSSR count). The standard InChI is InChI=1S/C14H12ClNO2S3/c1-18-13(17)9-6-20-12-11(21-14(19)16-12)10(9)7-2-4-8(15)5-3-7/h2-5,9-10H,6H2,1H3,(H,16,19). The topological polar surface area (TPSA) is 42.1 Å². The molecule has 0 saturated carbocycles. The molecular weight excluding hydrogens is 346 g/mol. The summed E-state index contributed by atoms with van der Waals surface area (Å²) in [5.74, 6) is 0.237. The molecule has 1 N–H and O–H groups in total. The second kappa shape index (κ2) is 6.12. The number of hydrogen-bond donors (Lipinski definition) is 1. The number of aromatic amines is 1. The van der Waals surface area contributed by atoms with Gasteiger partial charge >= 0.3 is 5.97 Å². The Morgan fingerprint density at radius 2 is 2.14 bits per heavy atom. The van der Waals surface area contributed by atoms with Gasteiger partial charge in [-0.1, -0.05) is 23.7 Å². The van der Waals surface area contributed by atoms with E-state index in [1.54, 1.807) is 11.8 Å². The number of nitrogens with one attached hydrogen (secondary N) is 1. The normalized spacial score (nSPS) is 20.9. The van der Waals surface area contributed by atoms with Crippen molar-refractivity contribution in [2.24, 2.45) is 5.92 Å². The number of hydrogen-bond acceptors (Lipinski definition) is 5. The molecule has 1 aliphatic rings. The minimum Gasteiger partial charge on any atom is -0.469 e. The lowest BCUT2D eigenvalue weighted by Gasteiger charge is -2.29. The van der Waals surface area contributed by atoms with Crippen LogP contribution in [-0.4, -0.2) is 23.8 Å². The maximum Gasteiger partial charge on any atom is 0.310 e. The Labute approximate surface area is 140 Å². The highest BCUT2D eigenvalue weighted by Crippen LogP contribution is 2.46. The van der Waals surface area contributed by atoms with E-state index < -0.39 is 0 Å². The maximum atomic E-state index is 12.1. The molecule has 1 aliphatic heterocycles. The molecule has 1 aromatic heterocycles. The minimum absolute atomic E-state index is 0.0380. The van der Waals surface area contributed by atoms with Gasteiger partial charge < -0.3 is 9.72 Å². The number of thiazole rings is 1. The number of carbonyl (C=O) groups excluding carboxylic acids is 1. The number of aromatic nitrogens is 1. The first-order valence-electron chi connectivity index (χ1n) is 6.29. The monoisotopic (exact) mass is 357 g/mol. The third kappa shape index (κ3) is 2.90. The Morgan fingerprint density at radius 3 is 2.81 bits per heavy atom. The van der Waals surface area contributed by atoms with Crippen LogP contribution in [0.15, 0.2) is 29.3 Å². The molecular formula is C14H12ClNO2S3. The first-order valence-corrected chi connectivity index (χ1v) is 8.88. The number of benzene rings is 1. The number of carbonyl (C=O) groups is 1. The zero-order valence-electron chi connectivity index (χ0n) is 11.1. The van der Waals surface area contributed by atoms with Gasteiger partial charge in [-0.15, -0.1) is 23.1 Å². The van der Waals surface area contributed by atoms with Crippen LogP contribution in [0.2, 0.25) is 5.02 Å². The Bertz CT molecular complexity index is 723. The fourth-order valence-electron chi connectivity index (χ4n) is 2.50. The highest BCUT2D eigenvalue weighted by Gasteiger charge is 2.38. The van der Waals surface area contributed by atoms with Gasteiger partial charge in [-0.2, -0.15) is 0 Å². The van der Waals surface area contributed by atoms with Gasteiger partial charge in [-0.3, -0.25) is 4.79 Å². The van der Waals surface area contributed by atoms with Crippen LogP contribution in [0.4, 0.5) is 0 Å². The molecule has 110 valence electrons. The van der Waals surface area contributed by atoms with Crippen molar-refractivity contribution in [2.45, 2.75) is 10.9 Å². The molecule has 2 atom stereocenters. The molecule has 2 heterocycles. The molecule has 0 saturated heterocycles. The van der Waals surface area contributed by atoms with Gasteiger partial charge in [0.15, 0.2) is 3.95 Å². The van der Waals surface area contributed by atoms with E-state index in [1.165, 1.54) is 18.4 Å². The summed E-state index contributed by atoms with van der Waals surface area (Å²) in [5, 5.41) is 1.74. The van der Waals surface area contributed by atoms with E-state index in [9.17, 15) is 4.79 Å². The minimum atomic E-state index is -0.213. The quantitative estimate of drug-likeness (QED) is 0.635. The predicted molar refractivity (Wildman–Crippen MR) is 89.0 cm³/mol. The van der Waals surface area contributed by atoms with Crippen LogP contribution in [0.3, 0.4) is 0 Å². The fourth-order valence-corrected chi connectivity index (χ4v) is 5.47. The van der Waals surface area contributed by atoms with Crippen LogP contribution in [-0.2, 0) is 9.53 Å². The lowest BCUT2D eigenvalue weighted by Crippen LogP contribution is -2.29. The summed E-state index contributed by atoms with van der Waals surface area (Å²) in [6.45, 7) is 0. The van der Waals surface area contributed by atoms with Crippen molar-refractivity contribution in [1.82, 2.24) is 4.98 Å². The number of esters is 1. The molecule has 0 radical (unpaired) electrons. The van der Waals surface area contributed by atoms with E-state index in [0.717, 1.165) is 19.4 Å². The molecule has 0 spiro atoms. The number of H-pyrrole nitrogens is 1. The van der Waals surface area contributed by atoms with Gasteiger partial charge in [-0.05, 0) is 29.9 Å². The summed E-state index contributed by atoms with van der Waals surface area (Å²) < 4.78 is 5.71. The summed E-state index contributed by atoms with van der Waals surface area (Å²) in [7, 11) is 1.43. The Hall–Kier alpha value is -0.820. The van der Waals surface area contributed by atoms with Crippen molar-refractivity contribution in [2.75, 3.05) is 12.9 Å². The lowest BCUT2D eigenvalue weighted by atomic mass is 9.86. The number of halogens is 1. The molecule has 21 heavy (non-hydrogen) atoms. The van der Waals surface area contributed by atoms with Crippen molar-refractivity contribution < 1.29 is 9.53 Å². The average Bonchev–Trinajstić information content (AvgIpc) is 2.86. The zero-order valence-corrected chi connectivity index (χ0v) is 14.3. The number of rotatable bonds is 2. The summed E-state index contributed by atoms with van der Waals surface area (Å²) in [6, 6.07) is 7.62. The summed E-state index contributed by atoms with van der Waals surface area (Å²) in [4.78, 5) is 16.4. The Kier molecular flexibility index (Phi) is 4.40. The Morgan fingerprint density at radius 1 is 1.43 bits per heavy atom. The van der Waals surface area contributed by atoms with Crippen molar-refractivity contribution in [3.63, 3.8) is 0 Å². The second-order valence-corrected chi connectivity index (χ2v) is 7.86. The molecule has 3 nitrogen and oxygen atoms in total. The zero-order chi connectivity index (χ0) is 15.0. The summed E-state index contributed by atoms with van der Waals surface area (Å²) >= 11 is 14.4. The van der Waals surface area contributed by atoms with Crippen LogP contribution >= 0.6 is 46.9 Å². The molecule has 0 amide bonds. The van der Waals surface area contributed by atoms with Crippen LogP contribution in [0.25, 0.3) is 0 Å². The lowest BCUT2D eigenvalue weighted by molar-refractivity contribution is -0.145. The molecule has 0 aliphatic carbocycles. The van der Waals surface area contributed by atoms with E-state index >= 15 is 0 Å². The first-order chi connectivity index (χ1) is 10.1. The average molecular weight is 358 g/mol. The van der Waals surface area contributed by atoms with Gasteiger partial charge in [0.05, 0.1) is 18.1 Å². The van der Waals surface area contributed by atoms with E-state index in [1.807, 2.05) is 24.3 Å². The summed E-state index contributed by atoms with van der Waals surface area (Å²) in [5.41, 5.74) is 1.06. The SMILES string of the molecule is COC(=O)C1CSc2[nH]c(=S)sc2C1c1ccc(Cl)cc1. The van der Waals surface area contributed by atoms with Gasteiger partial charge in [0.2, 0.25) is 0 Å². The molecule has 2 unspecified atom stereocenters. The largest absolute Gasteiger partial charge is 0.469 e. The first kappa shape index (κ1) is 15.1. The van der Waals surface area contributed by atoms with Crippen LogP contribution in [0.5, 0.6) is 0 Å². The van der Waals surface area contributed by atoms with Crippen LogP contribution in [0.1, 0.15) is 16.4 Å². The van der Waals surface area contributed by atoms with E-state index in [4.69, 9.17) is 28.6 Å². The molecule has 0 bridgehead atoms. The molecule has 0 fully saturated rings. The van der Waals surface area contributed by atoms with Gasteiger partial charge in [-0.25, -0.2) is 0 Å². The third-order valence-corrected chi connectivity index (χ3v) is 6.30. The van der Waals surface area contributed by atoms with Crippen molar-refractivity contribution in [3.05, 3.63) is 43.7 Å². The number of fused-ring (bicyclic) bond motifs is 1. The summed E-state index contributed by atoms with van der Waals surface area (Å²) in [6.07, 6.45) is 0. The number of ether oxygens (including phenoxy) is 1. The van der Waals surface area contributed by atoms with Crippen LogP contribution in [0, 0.1) is 9.87 Å².